The predicted octanol–water partition coefficient (Wildman–Crippen LogP) is 3.52. The van der Waals surface area contributed by atoms with Gasteiger partial charge in [-0.05, 0) is 51.0 Å². The van der Waals surface area contributed by atoms with Crippen molar-refractivity contribution in [1.82, 2.24) is 15.0 Å². The fraction of sp³-hybridized carbons (Fsp3) is 0.343. The molecule has 6 rings (SSSR count). The maximum absolute atomic E-state index is 14.0. The van der Waals surface area contributed by atoms with Crippen LogP contribution in [0.5, 0.6) is 0 Å². The summed E-state index contributed by atoms with van der Waals surface area (Å²) in [6.07, 6.45) is 8.51. The van der Waals surface area contributed by atoms with Crippen molar-refractivity contribution in [2.75, 3.05) is 7.11 Å². The van der Waals surface area contributed by atoms with E-state index < -0.39 is 17.9 Å². The number of carbonyl (C=O) groups is 3. The quantitative estimate of drug-likeness (QED) is 0.253. The molecular weight excluding hydrogens is 581 g/mol. The molecule has 1 aliphatic carbocycles. The van der Waals surface area contributed by atoms with Crippen molar-refractivity contribution in [2.45, 2.75) is 53.9 Å². The first kappa shape index (κ1) is 32.4. The number of carbonyl (C=O) groups excluding carboxylic acids is 2. The van der Waals surface area contributed by atoms with Crippen molar-refractivity contribution in [3.05, 3.63) is 90.1 Å². The van der Waals surface area contributed by atoms with Gasteiger partial charge in [-0.1, -0.05) is 72.6 Å². The van der Waals surface area contributed by atoms with Gasteiger partial charge in [-0.25, -0.2) is 0 Å². The topological polar surface area (TPSA) is 137 Å². The van der Waals surface area contributed by atoms with Crippen molar-refractivity contribution >= 4 is 70.7 Å². The number of rotatable bonds is 6. The minimum Gasteiger partial charge on any atom is -0.664 e. The summed E-state index contributed by atoms with van der Waals surface area (Å²) in [5.74, 6) is -3.82. The minimum absolute atomic E-state index is 0. The molecule has 3 aromatic heterocycles. The normalized spacial score (nSPS) is 24.0. The summed E-state index contributed by atoms with van der Waals surface area (Å²) in [7, 11) is 1.25. The number of esters is 1. The molecule has 8 bridgehead atoms. The smallest absolute Gasteiger partial charge is 0.664 e. The van der Waals surface area contributed by atoms with Crippen molar-refractivity contribution in [2.24, 2.45) is 17.8 Å². The molecule has 0 unspecified atom stereocenters. The predicted molar refractivity (Wildman–Crippen MR) is 173 cm³/mol. The van der Waals surface area contributed by atoms with Crippen LogP contribution in [0.3, 0.4) is 0 Å². The minimum atomic E-state index is -1.23. The molecule has 3 atom stereocenters. The van der Waals surface area contributed by atoms with Gasteiger partial charge in [0.2, 0.25) is 0 Å². The van der Waals surface area contributed by atoms with E-state index in [2.05, 4.69) is 13.5 Å². The second-order valence-corrected chi connectivity index (χ2v) is 11.7. The molecule has 5 heterocycles. The maximum atomic E-state index is 14.0. The number of Topliss-reactive ketones (excluding diaryl/α,β-unsaturated/α-hetero) is 1. The van der Waals surface area contributed by atoms with Crippen LogP contribution in [0.4, 0.5) is 0 Å². The first-order chi connectivity index (χ1) is 21.0. The van der Waals surface area contributed by atoms with Crippen molar-refractivity contribution in [3.63, 3.8) is 0 Å². The standard InChI is InChI=1S/C35H36N4O5.Mg/c1-8-19-15(3)22-12-24-17(5)21(10-11-28(40)41)32(38-24)30-31(35(43)44-7)34(42)29-18(6)25(39-33(29)30)14-27-20(9-2)16(4)23(37-27)13-26(19)36-22;/h8,12-14,17,21,31H,1,9-11H2,2-7H3,(H3,38,39,40,41,42);/q-2;+2/p-2/b23-13-,24-12-,27-14-;/t17-,21-,31+;/m0./s1. The molecule has 10 heteroatoms. The number of aromatic nitrogens is 3. The Kier molecular flexibility index (Phi) is 8.67. The Morgan fingerprint density at radius 2 is 1.69 bits per heavy atom. The van der Waals surface area contributed by atoms with Crippen LogP contribution in [-0.2, 0) is 20.7 Å². The second-order valence-electron chi connectivity index (χ2n) is 11.7. The number of hydrogen-bond donors (Lipinski definition) is 1. The van der Waals surface area contributed by atoms with Gasteiger partial charge in [-0.3, -0.25) is 14.4 Å². The van der Waals surface area contributed by atoms with E-state index >= 15 is 0 Å². The van der Waals surface area contributed by atoms with Gasteiger partial charge < -0.3 is 30.1 Å². The molecule has 228 valence electrons. The molecule has 1 N–H and O–H groups in total. The molecule has 1 saturated heterocycles. The van der Waals surface area contributed by atoms with Gasteiger partial charge in [0.1, 0.15) is 5.92 Å². The monoisotopic (exact) mass is 614 g/mol. The van der Waals surface area contributed by atoms with E-state index in [1.807, 2.05) is 45.9 Å². The molecule has 9 nitrogen and oxygen atoms in total. The Bertz CT molecular complexity index is 1970. The zero-order valence-electron chi connectivity index (χ0n) is 26.4. The summed E-state index contributed by atoms with van der Waals surface area (Å²) in [6.45, 7) is 14.0. The van der Waals surface area contributed by atoms with Gasteiger partial charge in [-0.15, -0.1) is 33.5 Å². The summed E-state index contributed by atoms with van der Waals surface area (Å²) in [5, 5.41) is 16.2. The van der Waals surface area contributed by atoms with Crippen LogP contribution >= 0.6 is 0 Å². The number of nitrogens with zero attached hydrogens (tertiary/aromatic N) is 4. The SMILES string of the molecule is C=Cc1c2[n-]c(c1C)/C=C1\[N-]/C(=C3\c4[n-]c(c(C)c4C(=O)[C@@H]3C(=O)OC)/C=c3\[n-]/c(c(C)c3CC)=C\2)[C@@H](CCC(=O)O)[C@@H]1C.[Mg+2]. The van der Waals surface area contributed by atoms with E-state index in [1.54, 1.807) is 6.08 Å². The summed E-state index contributed by atoms with van der Waals surface area (Å²) in [5.41, 5.74) is 9.03. The molecule has 2 aliphatic heterocycles. The zero-order valence-corrected chi connectivity index (χ0v) is 27.9. The summed E-state index contributed by atoms with van der Waals surface area (Å²) in [6, 6.07) is 0. The number of methoxy groups -OCH3 is 1. The van der Waals surface area contributed by atoms with Crippen LogP contribution in [0.15, 0.2) is 18.0 Å². The number of allylic oxidation sites excluding steroid dienone is 2. The van der Waals surface area contributed by atoms with E-state index in [1.165, 1.54) is 7.11 Å². The Balaban J connectivity index is 0.00000400. The number of ketones is 1. The fourth-order valence-electron chi connectivity index (χ4n) is 6.93. The van der Waals surface area contributed by atoms with E-state index in [9.17, 15) is 19.5 Å². The molecule has 3 aromatic rings. The van der Waals surface area contributed by atoms with Crippen LogP contribution in [-0.4, -0.2) is 53.0 Å². The van der Waals surface area contributed by atoms with Crippen LogP contribution in [0.2, 0.25) is 0 Å². The number of carboxylic acid groups (broad SMARTS) is 1. The summed E-state index contributed by atoms with van der Waals surface area (Å²) in [4.78, 5) is 53.8. The number of hydrogen-bond acceptors (Lipinski definition) is 4. The third-order valence-electron chi connectivity index (χ3n) is 9.41. The first-order valence-corrected chi connectivity index (χ1v) is 14.8. The third-order valence-corrected chi connectivity index (χ3v) is 9.41. The Hall–Kier alpha value is -4.02. The molecule has 45 heavy (non-hydrogen) atoms. The maximum Gasteiger partial charge on any atom is 2.00 e. The number of aliphatic carboxylic acids is 1. The van der Waals surface area contributed by atoms with E-state index in [0.29, 0.717) is 39.5 Å². The Labute approximate surface area is 277 Å². The zero-order chi connectivity index (χ0) is 31.6. The second kappa shape index (κ2) is 12.1. The average Bonchev–Trinajstić information content (AvgIpc) is 3.72. The van der Waals surface area contributed by atoms with Gasteiger partial charge in [-0.2, -0.15) is 11.4 Å². The van der Waals surface area contributed by atoms with Gasteiger partial charge in [0.15, 0.2) is 5.78 Å². The largest absolute Gasteiger partial charge is 2.00 e. The third kappa shape index (κ3) is 5.04. The molecule has 0 radical (unpaired) electrons. The van der Waals surface area contributed by atoms with Crippen molar-refractivity contribution in [3.8, 4) is 0 Å². The van der Waals surface area contributed by atoms with Gasteiger partial charge in [0.05, 0.1) is 7.11 Å². The molecule has 0 saturated carbocycles. The van der Waals surface area contributed by atoms with E-state index in [4.69, 9.17) is 25.0 Å². The first-order valence-electron chi connectivity index (χ1n) is 14.8. The molecule has 3 aliphatic rings. The van der Waals surface area contributed by atoms with Crippen molar-refractivity contribution < 1.29 is 24.2 Å². The van der Waals surface area contributed by atoms with Gasteiger partial charge in [0.25, 0.3) is 0 Å². The van der Waals surface area contributed by atoms with Crippen LogP contribution < -0.4 is 25.7 Å². The van der Waals surface area contributed by atoms with Crippen LogP contribution in [0.25, 0.3) is 35.2 Å². The number of carboxylic acids is 1. The van der Waals surface area contributed by atoms with E-state index in [-0.39, 0.29) is 53.5 Å². The molecule has 0 amide bonds. The Morgan fingerprint density at radius 3 is 2.33 bits per heavy atom. The molecule has 0 aromatic carbocycles. The number of ether oxygens (including phenoxy) is 1. The van der Waals surface area contributed by atoms with Gasteiger partial charge >= 0.3 is 35.0 Å². The summed E-state index contributed by atoms with van der Waals surface area (Å²) < 4.78 is 5.11. The molecule has 1 fully saturated rings. The number of fused-ring (bicyclic) bond motifs is 7. The van der Waals surface area contributed by atoms with Crippen molar-refractivity contribution in [1.29, 1.82) is 0 Å². The van der Waals surface area contributed by atoms with Crippen LogP contribution in [0, 0.1) is 38.5 Å². The molecule has 0 spiro atoms. The van der Waals surface area contributed by atoms with Gasteiger partial charge in [0, 0.05) is 12.0 Å². The van der Waals surface area contributed by atoms with E-state index in [0.717, 1.165) is 50.8 Å². The summed E-state index contributed by atoms with van der Waals surface area (Å²) >= 11 is 0. The Morgan fingerprint density at radius 1 is 1.00 bits per heavy atom. The fourth-order valence-corrected chi connectivity index (χ4v) is 6.93. The average molecular weight is 615 g/mol. The van der Waals surface area contributed by atoms with Crippen LogP contribution in [0.1, 0.15) is 87.6 Å². The molecular formula is C35H34MgN4O5-2.